The lowest BCUT2D eigenvalue weighted by atomic mass is 10.0. The number of ether oxygens (including phenoxy) is 1. The molecule has 128 valence electrons. The van der Waals surface area contributed by atoms with Gasteiger partial charge in [-0.05, 0) is 38.1 Å². The van der Waals surface area contributed by atoms with Crippen molar-refractivity contribution in [2.24, 2.45) is 0 Å². The monoisotopic (exact) mass is 342 g/mol. The Balaban J connectivity index is 1.94. The van der Waals surface area contributed by atoms with Crippen LogP contribution in [0.4, 0.5) is 4.39 Å². The number of likely N-dealkylation sites (tertiary alicyclic amines) is 1. The van der Waals surface area contributed by atoms with Crippen molar-refractivity contribution < 1.29 is 17.5 Å². The van der Waals surface area contributed by atoms with Crippen molar-refractivity contribution in [3.05, 3.63) is 29.6 Å². The molecule has 2 heterocycles. The van der Waals surface area contributed by atoms with Gasteiger partial charge in [0.2, 0.25) is 10.0 Å². The van der Waals surface area contributed by atoms with Crippen molar-refractivity contribution in [1.29, 1.82) is 0 Å². The minimum atomic E-state index is -3.86. The summed E-state index contributed by atoms with van der Waals surface area (Å²) in [4.78, 5) is 2.06. The fraction of sp³-hybridized carbons (Fsp3) is 0.625. The Kier molecular flexibility index (Phi) is 4.73. The summed E-state index contributed by atoms with van der Waals surface area (Å²) in [5.74, 6) is -0.681. The lowest BCUT2D eigenvalue weighted by Gasteiger charge is -2.45. The number of hydrogen-bond acceptors (Lipinski definition) is 4. The third-order valence-corrected chi connectivity index (χ3v) is 6.90. The summed E-state index contributed by atoms with van der Waals surface area (Å²) < 4.78 is 47.6. The van der Waals surface area contributed by atoms with Crippen LogP contribution in [0.5, 0.6) is 0 Å². The first-order valence-electron chi connectivity index (χ1n) is 8.06. The van der Waals surface area contributed by atoms with Crippen LogP contribution in [0.25, 0.3) is 0 Å². The molecule has 1 aromatic carbocycles. The molecule has 0 spiro atoms. The molecule has 2 aliphatic heterocycles. The lowest BCUT2D eigenvalue weighted by Crippen LogP contribution is -2.60. The van der Waals surface area contributed by atoms with Crippen LogP contribution in [0.2, 0.25) is 0 Å². The largest absolute Gasteiger partial charge is 0.374 e. The van der Waals surface area contributed by atoms with Gasteiger partial charge in [0.1, 0.15) is 10.7 Å². The number of aryl methyl sites for hydroxylation is 1. The van der Waals surface area contributed by atoms with Gasteiger partial charge >= 0.3 is 0 Å². The van der Waals surface area contributed by atoms with E-state index in [9.17, 15) is 12.8 Å². The van der Waals surface area contributed by atoms with Crippen LogP contribution >= 0.6 is 0 Å². The molecule has 0 unspecified atom stereocenters. The maximum Gasteiger partial charge on any atom is 0.246 e. The molecule has 0 aliphatic carbocycles. The first kappa shape index (κ1) is 16.8. The quantitative estimate of drug-likeness (QED) is 0.838. The fourth-order valence-electron chi connectivity index (χ4n) is 3.57. The summed E-state index contributed by atoms with van der Waals surface area (Å²) in [5, 5.41) is 0. The number of sulfonamides is 1. The zero-order chi connectivity index (χ0) is 16.6. The zero-order valence-corrected chi connectivity index (χ0v) is 14.4. The van der Waals surface area contributed by atoms with Gasteiger partial charge in [-0.3, -0.25) is 0 Å². The Morgan fingerprint density at radius 2 is 2.13 bits per heavy atom. The minimum absolute atomic E-state index is 0.140. The second kappa shape index (κ2) is 6.47. The van der Waals surface area contributed by atoms with Gasteiger partial charge in [-0.25, -0.2) is 12.8 Å². The summed E-state index contributed by atoms with van der Waals surface area (Å²) in [6.45, 7) is 6.83. The van der Waals surface area contributed by atoms with E-state index in [0.717, 1.165) is 19.6 Å². The highest BCUT2D eigenvalue weighted by molar-refractivity contribution is 7.89. The number of fused-ring (bicyclic) bond motifs is 1. The number of benzene rings is 1. The van der Waals surface area contributed by atoms with Crippen LogP contribution < -0.4 is 0 Å². The summed E-state index contributed by atoms with van der Waals surface area (Å²) in [6.07, 6.45) is 0.574. The van der Waals surface area contributed by atoms with Crippen LogP contribution in [0.15, 0.2) is 23.1 Å². The Labute approximate surface area is 137 Å². The highest BCUT2D eigenvalue weighted by Gasteiger charge is 2.43. The molecule has 0 amide bonds. The average molecular weight is 342 g/mol. The summed E-state index contributed by atoms with van der Waals surface area (Å²) in [5.41, 5.74) is 0.444. The van der Waals surface area contributed by atoms with E-state index in [0.29, 0.717) is 18.6 Å². The number of morpholine rings is 1. The van der Waals surface area contributed by atoms with Crippen LogP contribution in [0.3, 0.4) is 0 Å². The van der Waals surface area contributed by atoms with Crippen LogP contribution in [0, 0.1) is 12.7 Å². The normalized spacial score (nSPS) is 26.9. The van der Waals surface area contributed by atoms with E-state index in [-0.39, 0.29) is 23.6 Å². The molecule has 2 atom stereocenters. The summed E-state index contributed by atoms with van der Waals surface area (Å²) >= 11 is 0. The Bertz CT molecular complexity index is 660. The molecule has 5 nitrogen and oxygen atoms in total. The Hall–Kier alpha value is -1.02. The highest BCUT2D eigenvalue weighted by Crippen LogP contribution is 2.31. The number of halogens is 1. The molecule has 2 aliphatic rings. The molecule has 0 aromatic heterocycles. The summed E-state index contributed by atoms with van der Waals surface area (Å²) in [6, 6.07) is 4.16. The van der Waals surface area contributed by atoms with E-state index in [1.54, 1.807) is 13.0 Å². The molecular formula is C16H23FN2O3S. The van der Waals surface area contributed by atoms with E-state index < -0.39 is 15.8 Å². The van der Waals surface area contributed by atoms with E-state index in [2.05, 4.69) is 11.8 Å². The van der Waals surface area contributed by atoms with Gasteiger partial charge in [-0.15, -0.1) is 0 Å². The van der Waals surface area contributed by atoms with Crippen molar-refractivity contribution in [1.82, 2.24) is 9.21 Å². The number of nitrogens with zero attached hydrogens (tertiary/aromatic N) is 2. The third kappa shape index (κ3) is 3.03. The first-order valence-corrected chi connectivity index (χ1v) is 9.50. The molecule has 7 heteroatoms. The second-order valence-corrected chi connectivity index (χ2v) is 7.99. The predicted molar refractivity (Wildman–Crippen MR) is 85.3 cm³/mol. The molecule has 2 fully saturated rings. The molecule has 1 aromatic rings. The third-order valence-electron chi connectivity index (χ3n) is 4.80. The molecule has 2 saturated heterocycles. The maximum absolute atomic E-state index is 14.2. The topological polar surface area (TPSA) is 49.9 Å². The highest BCUT2D eigenvalue weighted by atomic mass is 32.2. The van der Waals surface area contributed by atoms with Gasteiger partial charge < -0.3 is 9.64 Å². The van der Waals surface area contributed by atoms with Crippen molar-refractivity contribution in [2.75, 3.05) is 32.8 Å². The molecular weight excluding hydrogens is 319 g/mol. The molecule has 0 bridgehead atoms. The molecule has 0 N–H and O–H groups in total. The van der Waals surface area contributed by atoms with Gasteiger partial charge in [0.05, 0.1) is 18.8 Å². The van der Waals surface area contributed by atoms with E-state index >= 15 is 0 Å². The number of likely N-dealkylation sites (N-methyl/N-ethyl adjacent to an activating group) is 1. The Morgan fingerprint density at radius 1 is 1.35 bits per heavy atom. The van der Waals surface area contributed by atoms with Crippen molar-refractivity contribution in [3.8, 4) is 0 Å². The van der Waals surface area contributed by atoms with Gasteiger partial charge in [-0.1, -0.05) is 19.1 Å². The van der Waals surface area contributed by atoms with E-state index in [1.807, 2.05) is 0 Å². The number of hydrogen-bond donors (Lipinski definition) is 0. The molecule has 0 saturated carbocycles. The summed E-state index contributed by atoms with van der Waals surface area (Å²) in [7, 11) is -3.86. The van der Waals surface area contributed by atoms with Gasteiger partial charge in [0, 0.05) is 13.1 Å². The molecule has 23 heavy (non-hydrogen) atoms. The minimum Gasteiger partial charge on any atom is -0.374 e. The standard InChI is InChI=1S/C16H23FN2O3S/c1-3-18-8-7-14-15(11-18)22-10-9-19(14)23(20,21)16-12(2)5-4-6-13(16)17/h4-6,14-15H,3,7-11H2,1-2H3/t14-,15+/m1/s1. The van der Waals surface area contributed by atoms with E-state index in [4.69, 9.17) is 4.74 Å². The maximum atomic E-state index is 14.2. The predicted octanol–water partition coefficient (Wildman–Crippen LogP) is 1.62. The van der Waals surface area contributed by atoms with Crippen LogP contribution in [0.1, 0.15) is 18.9 Å². The number of rotatable bonds is 3. The Morgan fingerprint density at radius 3 is 2.83 bits per heavy atom. The van der Waals surface area contributed by atoms with Crippen molar-refractivity contribution >= 4 is 10.0 Å². The molecule has 0 radical (unpaired) electrons. The smallest absolute Gasteiger partial charge is 0.246 e. The fourth-order valence-corrected chi connectivity index (χ4v) is 5.50. The van der Waals surface area contributed by atoms with Crippen molar-refractivity contribution in [3.63, 3.8) is 0 Å². The van der Waals surface area contributed by atoms with Crippen LogP contribution in [-0.2, 0) is 14.8 Å². The van der Waals surface area contributed by atoms with E-state index in [1.165, 1.54) is 16.4 Å². The van der Waals surface area contributed by atoms with Crippen molar-refractivity contribution in [2.45, 2.75) is 37.3 Å². The molecule has 3 rings (SSSR count). The first-order chi connectivity index (χ1) is 10.9. The lowest BCUT2D eigenvalue weighted by molar-refractivity contribution is -0.0773. The van der Waals surface area contributed by atoms with Gasteiger partial charge in [-0.2, -0.15) is 4.31 Å². The van der Waals surface area contributed by atoms with Crippen LogP contribution in [-0.4, -0.2) is 62.6 Å². The SMILES string of the molecule is CCN1CC[C@@H]2[C@H](C1)OCCN2S(=O)(=O)c1c(C)cccc1F. The van der Waals surface area contributed by atoms with Gasteiger partial charge in [0.25, 0.3) is 0 Å². The average Bonchev–Trinajstić information content (AvgIpc) is 2.53. The van der Waals surface area contributed by atoms with Gasteiger partial charge in [0.15, 0.2) is 0 Å². The number of piperidine rings is 1. The second-order valence-electron chi connectivity index (χ2n) is 6.16. The zero-order valence-electron chi connectivity index (χ0n) is 13.5.